The van der Waals surface area contributed by atoms with Gasteiger partial charge in [-0.25, -0.2) is 4.98 Å². The molecule has 0 aromatic carbocycles. The predicted molar refractivity (Wildman–Crippen MR) is 72.8 cm³/mol. The third-order valence-electron chi connectivity index (χ3n) is 2.73. The minimum absolute atomic E-state index is 0.289. The number of hydrogen-bond acceptors (Lipinski definition) is 3. The van der Waals surface area contributed by atoms with E-state index in [1.54, 1.807) is 18.5 Å². The van der Waals surface area contributed by atoms with Crippen LogP contribution in [0.1, 0.15) is 24.5 Å². The van der Waals surface area contributed by atoms with Crippen LogP contribution in [0.3, 0.4) is 0 Å². The number of imidazole rings is 1. The second-order valence-corrected chi connectivity index (χ2v) is 4.80. The molecule has 0 aliphatic carbocycles. The van der Waals surface area contributed by atoms with Gasteiger partial charge in [-0.3, -0.25) is 4.98 Å². The van der Waals surface area contributed by atoms with Crippen LogP contribution in [0.4, 0.5) is 0 Å². The third-order valence-corrected chi connectivity index (χ3v) is 3.24. The molecule has 4 nitrogen and oxygen atoms in total. The second-order valence-electron chi connectivity index (χ2n) is 3.96. The van der Waals surface area contributed by atoms with Crippen molar-refractivity contribution < 1.29 is 0 Å². The summed E-state index contributed by atoms with van der Waals surface area (Å²) in [5.41, 5.74) is 6.76. The fourth-order valence-corrected chi connectivity index (χ4v) is 2.33. The van der Waals surface area contributed by atoms with E-state index in [0.29, 0.717) is 22.2 Å². The highest BCUT2D eigenvalue weighted by atomic mass is 35.5. The minimum Gasteiger partial charge on any atom is -0.335 e. The Labute approximate surface area is 116 Å². The van der Waals surface area contributed by atoms with E-state index in [9.17, 15) is 0 Å². The van der Waals surface area contributed by atoms with Gasteiger partial charge >= 0.3 is 0 Å². The van der Waals surface area contributed by atoms with Crippen LogP contribution in [-0.4, -0.2) is 14.5 Å². The highest BCUT2D eigenvalue weighted by Crippen LogP contribution is 2.24. The molecule has 0 amide bonds. The van der Waals surface area contributed by atoms with E-state index in [0.717, 1.165) is 12.4 Å². The van der Waals surface area contributed by atoms with Crippen LogP contribution in [0.5, 0.6) is 0 Å². The lowest BCUT2D eigenvalue weighted by Crippen LogP contribution is -2.18. The molecule has 0 bridgehead atoms. The molecule has 6 heteroatoms. The third kappa shape index (κ3) is 2.83. The topological polar surface area (TPSA) is 56.7 Å². The average Bonchev–Trinajstić information content (AvgIpc) is 2.76. The van der Waals surface area contributed by atoms with E-state index in [4.69, 9.17) is 28.9 Å². The summed E-state index contributed by atoms with van der Waals surface area (Å²) in [5.74, 6) is 0.929. The summed E-state index contributed by atoms with van der Waals surface area (Å²) in [5, 5.41) is 0.996. The number of aromatic nitrogens is 3. The van der Waals surface area contributed by atoms with E-state index in [1.807, 2.05) is 10.8 Å². The van der Waals surface area contributed by atoms with Crippen molar-refractivity contribution in [3.8, 4) is 0 Å². The van der Waals surface area contributed by atoms with Gasteiger partial charge in [0.1, 0.15) is 5.82 Å². The molecule has 0 saturated carbocycles. The summed E-state index contributed by atoms with van der Waals surface area (Å²) in [6.45, 7) is 2.92. The Balaban J connectivity index is 2.19. The molecule has 18 heavy (non-hydrogen) atoms. The Morgan fingerprint density at radius 1 is 1.39 bits per heavy atom. The molecule has 0 saturated heterocycles. The van der Waals surface area contributed by atoms with E-state index >= 15 is 0 Å². The fraction of sp³-hybridized carbons (Fsp3) is 0.333. The average molecular weight is 285 g/mol. The molecule has 0 aliphatic rings. The smallest absolute Gasteiger partial charge is 0.110 e. The largest absolute Gasteiger partial charge is 0.335 e. The van der Waals surface area contributed by atoms with Crippen molar-refractivity contribution in [1.29, 1.82) is 0 Å². The first kappa shape index (κ1) is 13.3. The summed E-state index contributed by atoms with van der Waals surface area (Å²) in [7, 11) is 0. The molecule has 0 radical (unpaired) electrons. The molecule has 2 aromatic heterocycles. The minimum atomic E-state index is -0.289. The van der Waals surface area contributed by atoms with Gasteiger partial charge in [-0.1, -0.05) is 23.2 Å². The number of hydrogen-bond donors (Lipinski definition) is 1. The molecule has 1 atom stereocenters. The molecule has 2 heterocycles. The number of pyridine rings is 1. The van der Waals surface area contributed by atoms with Gasteiger partial charge < -0.3 is 10.3 Å². The van der Waals surface area contributed by atoms with Crippen molar-refractivity contribution >= 4 is 23.2 Å². The zero-order chi connectivity index (χ0) is 13.1. The molecule has 2 N–H and O–H groups in total. The van der Waals surface area contributed by atoms with E-state index in [-0.39, 0.29) is 6.04 Å². The molecule has 2 rings (SSSR count). The molecular weight excluding hydrogens is 271 g/mol. The Morgan fingerprint density at radius 3 is 2.83 bits per heavy atom. The molecular formula is C12H14Cl2N4. The Morgan fingerprint density at radius 2 is 2.17 bits per heavy atom. The van der Waals surface area contributed by atoms with Gasteiger partial charge in [-0.2, -0.15) is 0 Å². The maximum absolute atomic E-state index is 6.12. The molecule has 0 fully saturated rings. The van der Waals surface area contributed by atoms with Gasteiger partial charge in [-0.05, 0) is 13.0 Å². The first-order chi connectivity index (χ1) is 8.61. The molecule has 96 valence electrons. The van der Waals surface area contributed by atoms with Crippen molar-refractivity contribution in [2.75, 3.05) is 0 Å². The van der Waals surface area contributed by atoms with E-state index < -0.39 is 0 Å². The lowest BCUT2D eigenvalue weighted by Gasteiger charge is -2.13. The maximum Gasteiger partial charge on any atom is 0.110 e. The normalized spacial score (nSPS) is 12.7. The standard InChI is InChI=1S/C12H14Cl2N4/c1-2-18-4-3-16-11(18)6-10(15)12-9(14)5-8(13)7-17-12/h3-5,7,10H,2,6,15H2,1H3. The number of halogens is 2. The molecule has 2 aromatic rings. The highest BCUT2D eigenvalue weighted by molar-refractivity contribution is 6.34. The number of aryl methyl sites for hydroxylation is 1. The van der Waals surface area contributed by atoms with Crippen LogP contribution in [0.25, 0.3) is 0 Å². The summed E-state index contributed by atoms with van der Waals surface area (Å²) in [4.78, 5) is 8.47. The van der Waals surface area contributed by atoms with E-state index in [1.165, 1.54) is 0 Å². The van der Waals surface area contributed by atoms with Gasteiger partial charge in [0.2, 0.25) is 0 Å². The van der Waals surface area contributed by atoms with Crippen molar-refractivity contribution in [2.24, 2.45) is 5.73 Å². The summed E-state index contributed by atoms with van der Waals surface area (Å²) < 4.78 is 2.05. The zero-order valence-electron chi connectivity index (χ0n) is 9.98. The van der Waals surface area contributed by atoms with Gasteiger partial charge in [0.05, 0.1) is 21.8 Å². The first-order valence-electron chi connectivity index (χ1n) is 5.68. The Bertz CT molecular complexity index is 539. The van der Waals surface area contributed by atoms with Gasteiger partial charge in [0.25, 0.3) is 0 Å². The van der Waals surface area contributed by atoms with Crippen LogP contribution in [0.2, 0.25) is 10.0 Å². The first-order valence-corrected chi connectivity index (χ1v) is 6.44. The number of nitrogens with two attached hydrogens (primary N) is 1. The van der Waals surface area contributed by atoms with Crippen LogP contribution >= 0.6 is 23.2 Å². The summed E-state index contributed by atoms with van der Waals surface area (Å²) in [6, 6.07) is 1.36. The van der Waals surface area contributed by atoms with Crippen molar-refractivity contribution in [3.05, 3.63) is 46.2 Å². The number of nitrogens with zero attached hydrogens (tertiary/aromatic N) is 3. The van der Waals surface area contributed by atoms with Gasteiger partial charge in [0.15, 0.2) is 0 Å². The van der Waals surface area contributed by atoms with Crippen LogP contribution in [0, 0.1) is 0 Å². The summed E-state index contributed by atoms with van der Waals surface area (Å²) >= 11 is 11.9. The summed E-state index contributed by atoms with van der Waals surface area (Å²) in [6.07, 6.45) is 5.84. The fourth-order valence-electron chi connectivity index (χ4n) is 1.81. The lowest BCUT2D eigenvalue weighted by molar-refractivity contribution is 0.617. The zero-order valence-corrected chi connectivity index (χ0v) is 11.5. The van der Waals surface area contributed by atoms with Gasteiger partial charge in [0, 0.05) is 31.6 Å². The van der Waals surface area contributed by atoms with Crippen LogP contribution in [0.15, 0.2) is 24.7 Å². The monoisotopic (exact) mass is 284 g/mol. The second kappa shape index (κ2) is 5.69. The quantitative estimate of drug-likeness (QED) is 0.939. The Kier molecular flexibility index (Phi) is 4.22. The van der Waals surface area contributed by atoms with Crippen molar-refractivity contribution in [1.82, 2.24) is 14.5 Å². The molecule has 1 unspecified atom stereocenters. The van der Waals surface area contributed by atoms with Crippen molar-refractivity contribution in [2.45, 2.75) is 25.9 Å². The maximum atomic E-state index is 6.12. The predicted octanol–water partition coefficient (Wildman–Crippen LogP) is 2.85. The van der Waals surface area contributed by atoms with E-state index in [2.05, 4.69) is 16.9 Å². The number of rotatable bonds is 4. The highest BCUT2D eigenvalue weighted by Gasteiger charge is 2.15. The van der Waals surface area contributed by atoms with Crippen LogP contribution < -0.4 is 5.73 Å². The van der Waals surface area contributed by atoms with Crippen molar-refractivity contribution in [3.63, 3.8) is 0 Å². The Hall–Kier alpha value is -1.10. The molecule has 0 aliphatic heterocycles. The van der Waals surface area contributed by atoms with Crippen LogP contribution in [-0.2, 0) is 13.0 Å². The molecule has 0 spiro atoms. The lowest BCUT2D eigenvalue weighted by atomic mass is 10.1. The SMILES string of the molecule is CCn1ccnc1CC(N)c1ncc(Cl)cc1Cl. The van der Waals surface area contributed by atoms with Gasteiger partial charge in [-0.15, -0.1) is 0 Å².